The molecule has 0 aliphatic carbocycles. The van der Waals surface area contributed by atoms with Gasteiger partial charge in [-0.15, -0.1) is 0 Å². The summed E-state index contributed by atoms with van der Waals surface area (Å²) in [6.45, 7) is 2.17. The quantitative estimate of drug-likeness (QED) is 0.128. The number of hydrogen-bond donors (Lipinski definition) is 0. The average molecular weight is 1430 g/mol. The van der Waals surface area contributed by atoms with Crippen molar-refractivity contribution in [1.82, 2.24) is 9.13 Å². The zero-order chi connectivity index (χ0) is 74.6. The number of benzene rings is 21. The first-order chi connectivity index (χ1) is 56.0. The van der Waals surface area contributed by atoms with Gasteiger partial charge in [0.25, 0.3) is 0 Å². The summed E-state index contributed by atoms with van der Waals surface area (Å²) >= 11 is 0. The normalized spacial score (nSPS) is 11.8. The zero-order valence-corrected chi connectivity index (χ0v) is 62.2. The third-order valence-electron chi connectivity index (χ3n) is 23.7. The second-order valence-electron chi connectivity index (χ2n) is 30.1. The monoisotopic (exact) mass is 1430 g/mol. The highest BCUT2D eigenvalue weighted by molar-refractivity contribution is 6.31. The lowest BCUT2D eigenvalue weighted by Crippen LogP contribution is -1.95. The van der Waals surface area contributed by atoms with Crippen molar-refractivity contribution in [2.45, 2.75) is 6.92 Å². The second-order valence-corrected chi connectivity index (χ2v) is 30.1. The number of nitrogens with zero attached hydrogens (tertiary/aromatic N) is 2. The molecule has 113 heavy (non-hydrogen) atoms. The molecule has 0 saturated carbocycles. The van der Waals surface area contributed by atoms with E-state index in [1.165, 1.54) is 213 Å². The molecule has 0 aliphatic rings. The molecular formula is C111H72N2. The molecule has 2 heterocycles. The van der Waals surface area contributed by atoms with Crippen molar-refractivity contribution in [3.63, 3.8) is 0 Å². The van der Waals surface area contributed by atoms with Gasteiger partial charge in [-0.1, -0.05) is 357 Å². The third-order valence-corrected chi connectivity index (χ3v) is 23.7. The third kappa shape index (κ3) is 10.9. The van der Waals surface area contributed by atoms with Crippen molar-refractivity contribution in [2.75, 3.05) is 0 Å². The Hall–Kier alpha value is -14.7. The van der Waals surface area contributed by atoms with E-state index in [0.29, 0.717) is 0 Å². The summed E-state index contributed by atoms with van der Waals surface area (Å²) < 4.78 is 4.93. The van der Waals surface area contributed by atoms with Crippen molar-refractivity contribution in [3.05, 3.63) is 424 Å². The minimum atomic E-state index is 1.15. The minimum Gasteiger partial charge on any atom is -0.309 e. The van der Waals surface area contributed by atoms with E-state index in [4.69, 9.17) is 0 Å². The lowest BCUT2D eigenvalue weighted by atomic mass is 9.86. The van der Waals surface area contributed by atoms with Crippen molar-refractivity contribution in [2.24, 2.45) is 0 Å². The van der Waals surface area contributed by atoms with Crippen LogP contribution in [0.1, 0.15) is 5.56 Å². The fraction of sp³-hybridized carbons (Fsp3) is 0.00901. The van der Waals surface area contributed by atoms with Crippen molar-refractivity contribution < 1.29 is 0 Å². The van der Waals surface area contributed by atoms with Gasteiger partial charge in [-0.3, -0.25) is 0 Å². The van der Waals surface area contributed by atoms with Crippen molar-refractivity contribution in [3.8, 4) is 89.3 Å². The molecule has 0 atom stereocenters. The Kier molecular flexibility index (Phi) is 15.5. The van der Waals surface area contributed by atoms with Crippen molar-refractivity contribution in [1.29, 1.82) is 0 Å². The van der Waals surface area contributed by atoms with Crippen LogP contribution in [-0.2, 0) is 0 Å². The van der Waals surface area contributed by atoms with E-state index in [-0.39, 0.29) is 0 Å². The SMILES string of the molecule is Cc1cccc(-c2ccc3ccc4c(c3c2)c2c3ccccc3ccc2n4-c2ccc(-c3c4ccccc4c(-c4ccccc4)c4ccccc34)cc2)c1.c1ccc(-c2cccc(-c3ccc4c(ccc5c4c4c6ccccc6ccc4n5-c4ccc(-c5c6ccccc6c(-c6ccccc6)c6ccccc56)cc4)c3)c2)cc1. The predicted octanol–water partition coefficient (Wildman–Crippen LogP) is 30.8. The summed E-state index contributed by atoms with van der Waals surface area (Å²) in [6, 6.07) is 154. The topological polar surface area (TPSA) is 9.86 Å². The highest BCUT2D eigenvalue weighted by Gasteiger charge is 2.24. The number of aryl methyl sites for hydroxylation is 1. The maximum Gasteiger partial charge on any atom is 0.0547 e. The molecule has 0 saturated heterocycles. The number of hydrogen-bond acceptors (Lipinski definition) is 0. The van der Waals surface area contributed by atoms with Crippen LogP contribution in [0.25, 0.3) is 219 Å². The molecule has 21 aromatic carbocycles. The van der Waals surface area contributed by atoms with E-state index in [9.17, 15) is 0 Å². The number of aromatic nitrogens is 2. The van der Waals surface area contributed by atoms with Crippen LogP contribution in [-0.4, -0.2) is 9.13 Å². The molecule has 23 aromatic rings. The summed E-state index contributed by atoms with van der Waals surface area (Å²) in [7, 11) is 0. The van der Waals surface area contributed by atoms with E-state index < -0.39 is 0 Å². The van der Waals surface area contributed by atoms with E-state index in [1.54, 1.807) is 0 Å². The maximum atomic E-state index is 2.47. The molecule has 2 nitrogen and oxygen atoms in total. The molecule has 0 amide bonds. The van der Waals surface area contributed by atoms with Gasteiger partial charge in [-0.05, 0) is 238 Å². The fourth-order valence-electron chi connectivity index (χ4n) is 18.7. The summed E-state index contributed by atoms with van der Waals surface area (Å²) in [5.41, 5.74) is 25.8. The van der Waals surface area contributed by atoms with Gasteiger partial charge in [-0.25, -0.2) is 0 Å². The van der Waals surface area contributed by atoms with Gasteiger partial charge in [0, 0.05) is 32.9 Å². The molecule has 2 aromatic heterocycles. The Labute approximate surface area is 654 Å². The Balaban J connectivity index is 0.000000139. The van der Waals surface area contributed by atoms with Gasteiger partial charge in [0.15, 0.2) is 0 Å². The molecule has 0 aliphatic heterocycles. The van der Waals surface area contributed by atoms with Crippen molar-refractivity contribution >= 4 is 130 Å². The van der Waals surface area contributed by atoms with Crippen LogP contribution in [0.3, 0.4) is 0 Å². The van der Waals surface area contributed by atoms with Crippen LogP contribution in [0, 0.1) is 6.92 Å². The summed E-state index contributed by atoms with van der Waals surface area (Å²) in [6.07, 6.45) is 0. The maximum absolute atomic E-state index is 2.47. The van der Waals surface area contributed by atoms with Crippen LogP contribution in [0.15, 0.2) is 419 Å². The Morgan fingerprint density at radius 3 is 0.832 bits per heavy atom. The average Bonchev–Trinajstić information content (AvgIpc) is 1.64. The summed E-state index contributed by atoms with van der Waals surface area (Å²) in [5.74, 6) is 0. The molecule has 0 bridgehead atoms. The highest BCUT2D eigenvalue weighted by Crippen LogP contribution is 2.49. The molecule has 526 valence electrons. The predicted molar refractivity (Wildman–Crippen MR) is 484 cm³/mol. The highest BCUT2D eigenvalue weighted by atomic mass is 15.0. The van der Waals surface area contributed by atoms with Gasteiger partial charge < -0.3 is 9.13 Å². The first kappa shape index (κ1) is 65.4. The Bertz CT molecular complexity index is 7640. The van der Waals surface area contributed by atoms with Crippen LogP contribution >= 0.6 is 0 Å². The Morgan fingerprint density at radius 1 is 0.150 bits per heavy atom. The van der Waals surface area contributed by atoms with Gasteiger partial charge >= 0.3 is 0 Å². The summed E-state index contributed by atoms with van der Waals surface area (Å²) in [5, 5.41) is 25.4. The van der Waals surface area contributed by atoms with E-state index in [0.717, 1.165) is 11.4 Å². The number of rotatable bonds is 9. The molecule has 0 fully saturated rings. The minimum absolute atomic E-state index is 1.15. The standard InChI is InChI=1S/C58H37N.C53H35N/c1-3-14-38(15-4-1)42-19-13-20-43(36-42)44-28-33-48-45(37-44)30-35-54-58(48)57-47-21-8-7-16-39(47)29-34-53(57)59(54)46-31-26-41(27-32-46)56-51-24-11-9-22-49(51)55(40-17-5-2-6-18-40)50-23-10-12-25-52(50)56;1-34-12-11-16-39(32-34)40-23-22-36-27-31-49-53(47(36)33-40)52-42-17-6-5-13-35(42)26-30-48(52)54(49)41-28-24-38(25-29-41)51-45-20-9-7-18-43(45)50(37-14-3-2-4-15-37)44-19-8-10-21-46(44)51/h1-37H;2-33H,1H3. The molecular weight excluding hydrogens is 1360 g/mol. The molecule has 0 N–H and O–H groups in total. The molecule has 0 spiro atoms. The largest absolute Gasteiger partial charge is 0.309 e. The lowest BCUT2D eigenvalue weighted by Gasteiger charge is -2.18. The van der Waals surface area contributed by atoms with Gasteiger partial charge in [0.1, 0.15) is 0 Å². The van der Waals surface area contributed by atoms with Gasteiger partial charge in [-0.2, -0.15) is 0 Å². The first-order valence-corrected chi connectivity index (χ1v) is 39.2. The van der Waals surface area contributed by atoms with E-state index >= 15 is 0 Å². The number of fused-ring (bicyclic) bond motifs is 18. The van der Waals surface area contributed by atoms with E-state index in [2.05, 4.69) is 435 Å². The Morgan fingerprint density at radius 2 is 0.416 bits per heavy atom. The lowest BCUT2D eigenvalue weighted by molar-refractivity contribution is 1.18. The smallest absolute Gasteiger partial charge is 0.0547 e. The van der Waals surface area contributed by atoms with Gasteiger partial charge in [0.2, 0.25) is 0 Å². The molecule has 23 rings (SSSR count). The zero-order valence-electron chi connectivity index (χ0n) is 62.2. The van der Waals surface area contributed by atoms with E-state index in [1.807, 2.05) is 0 Å². The van der Waals surface area contributed by atoms with Crippen LogP contribution < -0.4 is 0 Å². The first-order valence-electron chi connectivity index (χ1n) is 39.2. The molecule has 0 unspecified atom stereocenters. The summed E-state index contributed by atoms with van der Waals surface area (Å²) in [4.78, 5) is 0. The molecule has 2 heteroatoms. The second kappa shape index (κ2) is 26.9. The van der Waals surface area contributed by atoms with Crippen LogP contribution in [0.2, 0.25) is 0 Å². The van der Waals surface area contributed by atoms with Crippen LogP contribution in [0.5, 0.6) is 0 Å². The molecule has 0 radical (unpaired) electrons. The fourth-order valence-corrected chi connectivity index (χ4v) is 18.7. The van der Waals surface area contributed by atoms with Gasteiger partial charge in [0.05, 0.1) is 22.1 Å². The van der Waals surface area contributed by atoms with Crippen LogP contribution in [0.4, 0.5) is 0 Å².